The molecule has 0 aliphatic heterocycles. The van der Waals surface area contributed by atoms with Crippen LogP contribution in [0.3, 0.4) is 0 Å². The summed E-state index contributed by atoms with van der Waals surface area (Å²) < 4.78 is 0. The van der Waals surface area contributed by atoms with Gasteiger partial charge in [-0.2, -0.15) is 0 Å². The zero-order valence-corrected chi connectivity index (χ0v) is 10.6. The molecule has 4 heteroatoms. The first-order chi connectivity index (χ1) is 7.66. The Kier molecular flexibility index (Phi) is 11.0. The lowest BCUT2D eigenvalue weighted by Gasteiger charge is -2.07. The minimum Gasteiger partial charge on any atom is -0.481 e. The maximum absolute atomic E-state index is 10.3. The molecule has 1 atom stereocenters. The summed E-state index contributed by atoms with van der Waals surface area (Å²) >= 11 is 5.56. The molecule has 0 aromatic heterocycles. The molecule has 0 amide bonds. The Bertz CT molecular complexity index is 174. The number of carboxylic acid groups (broad SMARTS) is 1. The summed E-state index contributed by atoms with van der Waals surface area (Å²) in [6.45, 7) is 0. The van der Waals surface area contributed by atoms with Gasteiger partial charge in [0, 0.05) is 5.88 Å². The van der Waals surface area contributed by atoms with E-state index in [1.54, 1.807) is 0 Å². The van der Waals surface area contributed by atoms with Gasteiger partial charge in [-0.15, -0.1) is 11.6 Å². The maximum Gasteiger partial charge on any atom is 0.305 e. The molecule has 0 fully saturated rings. The summed E-state index contributed by atoms with van der Waals surface area (Å²) in [7, 11) is 0. The Hall–Kier alpha value is -0.280. The average Bonchev–Trinajstić information content (AvgIpc) is 2.21. The van der Waals surface area contributed by atoms with Crippen molar-refractivity contribution in [1.82, 2.24) is 0 Å². The van der Waals surface area contributed by atoms with Gasteiger partial charge in [-0.3, -0.25) is 4.79 Å². The van der Waals surface area contributed by atoms with Gasteiger partial charge in [-0.1, -0.05) is 38.5 Å². The highest BCUT2D eigenvalue weighted by Crippen LogP contribution is 2.11. The molecule has 0 saturated heterocycles. The van der Waals surface area contributed by atoms with E-state index in [1.807, 2.05) is 0 Å². The predicted molar refractivity (Wildman–Crippen MR) is 65.9 cm³/mol. The van der Waals surface area contributed by atoms with Gasteiger partial charge in [0.15, 0.2) is 0 Å². The number of aliphatic carboxylic acids is 1. The van der Waals surface area contributed by atoms with Crippen LogP contribution in [-0.4, -0.2) is 28.2 Å². The quantitative estimate of drug-likeness (QED) is 0.437. The average molecular weight is 251 g/mol. The molecule has 3 nitrogen and oxygen atoms in total. The Morgan fingerprint density at radius 2 is 1.50 bits per heavy atom. The number of hydrogen-bond donors (Lipinski definition) is 2. The number of carboxylic acids is 1. The Morgan fingerprint density at radius 1 is 1.00 bits per heavy atom. The Balaban J connectivity index is 3.11. The van der Waals surface area contributed by atoms with Gasteiger partial charge in [-0.05, 0) is 12.8 Å². The van der Waals surface area contributed by atoms with Crippen molar-refractivity contribution in [2.24, 2.45) is 0 Å². The van der Waals surface area contributed by atoms with Crippen molar-refractivity contribution < 1.29 is 15.0 Å². The second-order valence-corrected chi connectivity index (χ2v) is 4.58. The van der Waals surface area contributed by atoms with Gasteiger partial charge in [0.2, 0.25) is 0 Å². The van der Waals surface area contributed by atoms with Gasteiger partial charge < -0.3 is 10.2 Å². The van der Waals surface area contributed by atoms with Crippen molar-refractivity contribution in [3.8, 4) is 0 Å². The highest BCUT2D eigenvalue weighted by Gasteiger charge is 2.08. The molecule has 2 N–H and O–H groups in total. The molecule has 0 aliphatic carbocycles. The molecule has 96 valence electrons. The van der Waals surface area contributed by atoms with Gasteiger partial charge in [-0.25, -0.2) is 0 Å². The molecule has 0 heterocycles. The number of rotatable bonds is 11. The standard InChI is InChI=1S/C12H23ClO3/c13-9-7-5-3-1-2-4-6-8-11(14)10-12(15)16/h11,14H,1-10H2,(H,15,16). The van der Waals surface area contributed by atoms with E-state index in [0.29, 0.717) is 6.42 Å². The summed E-state index contributed by atoms with van der Waals surface area (Å²) in [6.07, 6.45) is 7.71. The zero-order valence-electron chi connectivity index (χ0n) is 9.83. The van der Waals surface area contributed by atoms with Crippen LogP contribution >= 0.6 is 11.6 Å². The summed E-state index contributed by atoms with van der Waals surface area (Å²) in [6, 6.07) is 0. The van der Waals surface area contributed by atoms with Crippen LogP contribution in [0.5, 0.6) is 0 Å². The van der Waals surface area contributed by atoms with Crippen molar-refractivity contribution in [3.05, 3.63) is 0 Å². The van der Waals surface area contributed by atoms with E-state index in [-0.39, 0.29) is 6.42 Å². The normalized spacial score (nSPS) is 12.6. The van der Waals surface area contributed by atoms with Crippen LogP contribution in [0.15, 0.2) is 0 Å². The van der Waals surface area contributed by atoms with Gasteiger partial charge in [0.05, 0.1) is 12.5 Å². The SMILES string of the molecule is O=C(O)CC(O)CCCCCCCCCCl. The molecule has 0 saturated carbocycles. The number of unbranched alkanes of at least 4 members (excludes halogenated alkanes) is 6. The van der Waals surface area contributed by atoms with Crippen molar-refractivity contribution in [3.63, 3.8) is 0 Å². The summed E-state index contributed by atoms with van der Waals surface area (Å²) in [4.78, 5) is 10.3. The highest BCUT2D eigenvalue weighted by atomic mass is 35.5. The van der Waals surface area contributed by atoms with Crippen LogP contribution in [0.2, 0.25) is 0 Å². The smallest absolute Gasteiger partial charge is 0.305 e. The number of hydrogen-bond acceptors (Lipinski definition) is 2. The van der Waals surface area contributed by atoms with Crippen LogP contribution in [0, 0.1) is 0 Å². The maximum atomic E-state index is 10.3. The van der Waals surface area contributed by atoms with Crippen LogP contribution in [0.25, 0.3) is 0 Å². The van der Waals surface area contributed by atoms with Crippen molar-refractivity contribution in [1.29, 1.82) is 0 Å². The lowest BCUT2D eigenvalue weighted by molar-refractivity contribution is -0.139. The fourth-order valence-corrected chi connectivity index (χ4v) is 1.85. The monoisotopic (exact) mass is 250 g/mol. The van der Waals surface area contributed by atoms with Gasteiger partial charge >= 0.3 is 5.97 Å². The molecule has 0 aliphatic rings. The van der Waals surface area contributed by atoms with Gasteiger partial charge in [0.1, 0.15) is 0 Å². The molecule has 0 radical (unpaired) electrons. The third kappa shape index (κ3) is 11.8. The fourth-order valence-electron chi connectivity index (χ4n) is 1.66. The van der Waals surface area contributed by atoms with E-state index in [1.165, 1.54) is 25.7 Å². The van der Waals surface area contributed by atoms with E-state index in [2.05, 4.69) is 0 Å². The third-order valence-electron chi connectivity index (χ3n) is 2.58. The number of halogens is 1. The molecule has 16 heavy (non-hydrogen) atoms. The first-order valence-corrected chi connectivity index (χ1v) is 6.66. The van der Waals surface area contributed by atoms with E-state index in [4.69, 9.17) is 16.7 Å². The molecular weight excluding hydrogens is 228 g/mol. The molecule has 1 unspecified atom stereocenters. The number of aliphatic hydroxyl groups is 1. The van der Waals surface area contributed by atoms with E-state index < -0.39 is 12.1 Å². The topological polar surface area (TPSA) is 57.5 Å². The lowest BCUT2D eigenvalue weighted by atomic mass is 10.1. The lowest BCUT2D eigenvalue weighted by Crippen LogP contribution is -2.12. The minimum atomic E-state index is -0.923. The van der Waals surface area contributed by atoms with E-state index >= 15 is 0 Å². The minimum absolute atomic E-state index is 0.129. The Morgan fingerprint density at radius 3 is 2.00 bits per heavy atom. The summed E-state index contributed by atoms with van der Waals surface area (Å²) in [5.74, 6) is -0.171. The fraction of sp³-hybridized carbons (Fsp3) is 0.917. The second-order valence-electron chi connectivity index (χ2n) is 4.20. The van der Waals surface area contributed by atoms with Crippen molar-refractivity contribution >= 4 is 17.6 Å². The second kappa shape index (κ2) is 11.2. The molecule has 0 rings (SSSR count). The highest BCUT2D eigenvalue weighted by molar-refractivity contribution is 6.17. The largest absolute Gasteiger partial charge is 0.481 e. The number of carbonyl (C=O) groups is 1. The van der Waals surface area contributed by atoms with Crippen LogP contribution in [0.1, 0.15) is 57.8 Å². The van der Waals surface area contributed by atoms with E-state index in [9.17, 15) is 9.90 Å². The first kappa shape index (κ1) is 15.7. The number of alkyl halides is 1. The van der Waals surface area contributed by atoms with Crippen LogP contribution in [0.4, 0.5) is 0 Å². The summed E-state index contributed by atoms with van der Waals surface area (Å²) in [5.41, 5.74) is 0. The molecule has 0 bridgehead atoms. The summed E-state index contributed by atoms with van der Waals surface area (Å²) in [5, 5.41) is 17.7. The molecule has 0 aromatic rings. The van der Waals surface area contributed by atoms with E-state index in [0.717, 1.165) is 25.1 Å². The molecule has 0 spiro atoms. The molecular formula is C12H23ClO3. The first-order valence-electron chi connectivity index (χ1n) is 6.12. The Labute approximate surface area is 103 Å². The van der Waals surface area contributed by atoms with Crippen LogP contribution in [-0.2, 0) is 4.79 Å². The predicted octanol–water partition coefficient (Wildman–Crippen LogP) is 3.18. The third-order valence-corrected chi connectivity index (χ3v) is 2.85. The van der Waals surface area contributed by atoms with Gasteiger partial charge in [0.25, 0.3) is 0 Å². The van der Waals surface area contributed by atoms with Crippen LogP contribution < -0.4 is 0 Å². The van der Waals surface area contributed by atoms with Crippen molar-refractivity contribution in [2.45, 2.75) is 63.9 Å². The zero-order chi connectivity index (χ0) is 12.2. The van der Waals surface area contributed by atoms with Crippen molar-refractivity contribution in [2.75, 3.05) is 5.88 Å². The number of aliphatic hydroxyl groups excluding tert-OH is 1. The molecule has 0 aromatic carbocycles.